The molecule has 0 N–H and O–H groups in total. The van der Waals surface area contributed by atoms with E-state index in [1.807, 2.05) is 25.1 Å². The molecule has 1 unspecified atom stereocenters. The Morgan fingerprint density at radius 3 is 3.14 bits per heavy atom. The van der Waals surface area contributed by atoms with Crippen LogP contribution in [0.4, 0.5) is 0 Å². The molecular weight excluding hydrogens is 264 g/mol. The molecule has 0 radical (unpaired) electrons. The van der Waals surface area contributed by atoms with Crippen LogP contribution < -0.4 is 4.74 Å². The number of esters is 1. The molecule has 3 rings (SSSR count). The highest BCUT2D eigenvalue weighted by Crippen LogP contribution is 2.41. The lowest BCUT2D eigenvalue weighted by Gasteiger charge is -2.27. The number of allylic oxidation sites excluding steroid dienone is 2. The fourth-order valence-corrected chi connectivity index (χ4v) is 3.04. The predicted octanol–water partition coefficient (Wildman–Crippen LogP) is 3.75. The Bertz CT molecular complexity index is 598. The number of carbonyl (C=O) groups is 1. The number of carbonyl (C=O) groups excluding carboxylic acids is 1. The van der Waals surface area contributed by atoms with Crippen molar-refractivity contribution in [2.45, 2.75) is 26.2 Å². The summed E-state index contributed by atoms with van der Waals surface area (Å²) in [5, 5.41) is 0. The summed E-state index contributed by atoms with van der Waals surface area (Å²) < 4.78 is 10.9. The average Bonchev–Trinajstić information content (AvgIpc) is 2.69. The fraction of sp³-hybridized carbons (Fsp3) is 0.389. The van der Waals surface area contributed by atoms with E-state index in [-0.39, 0.29) is 5.97 Å². The maximum Gasteiger partial charge on any atom is 0.331 e. The fourth-order valence-electron chi connectivity index (χ4n) is 3.04. The first-order chi connectivity index (χ1) is 10.3. The molecule has 110 valence electrons. The molecule has 1 aliphatic heterocycles. The summed E-state index contributed by atoms with van der Waals surface area (Å²) in [5.74, 6) is 1.12. The maximum absolute atomic E-state index is 11.7. The third-order valence-electron chi connectivity index (χ3n) is 4.03. The molecule has 3 nitrogen and oxygen atoms in total. The van der Waals surface area contributed by atoms with Crippen LogP contribution in [0.5, 0.6) is 5.75 Å². The molecule has 1 aromatic rings. The molecule has 0 bridgehead atoms. The molecule has 0 amide bonds. The van der Waals surface area contributed by atoms with E-state index in [0.717, 1.165) is 42.8 Å². The summed E-state index contributed by atoms with van der Waals surface area (Å²) >= 11 is 0. The number of rotatable bonds is 2. The van der Waals surface area contributed by atoms with Crippen molar-refractivity contribution >= 4 is 11.5 Å². The van der Waals surface area contributed by atoms with Crippen molar-refractivity contribution in [3.05, 3.63) is 47.6 Å². The van der Waals surface area contributed by atoms with Crippen LogP contribution in [0.25, 0.3) is 5.57 Å². The van der Waals surface area contributed by atoms with Crippen LogP contribution in [0.15, 0.2) is 42.0 Å². The Morgan fingerprint density at radius 2 is 2.29 bits per heavy atom. The zero-order valence-corrected chi connectivity index (χ0v) is 12.3. The van der Waals surface area contributed by atoms with Gasteiger partial charge in [-0.25, -0.2) is 4.79 Å². The maximum atomic E-state index is 11.7. The van der Waals surface area contributed by atoms with Gasteiger partial charge in [-0.2, -0.15) is 0 Å². The summed E-state index contributed by atoms with van der Waals surface area (Å²) in [5.41, 5.74) is 3.51. The van der Waals surface area contributed by atoms with Crippen LogP contribution in [0.1, 0.15) is 31.7 Å². The standard InChI is InChI=1S/C18H20O3/c1-2-20-18(19)11-13-6-5-7-14-12-21-17-9-4-3-8-15(17)16(14)10-13/h3-4,8-11,14H,2,5-7,12H2,1H3/b13-11+. The lowest BCUT2D eigenvalue weighted by Crippen LogP contribution is -2.19. The molecular formula is C18H20O3. The molecule has 1 aliphatic carbocycles. The molecule has 0 spiro atoms. The number of ether oxygens (including phenoxy) is 2. The Labute approximate surface area is 125 Å². The second-order valence-electron chi connectivity index (χ2n) is 5.47. The number of fused-ring (bicyclic) bond motifs is 3. The lowest BCUT2D eigenvalue weighted by molar-refractivity contribution is -0.137. The SMILES string of the molecule is CCOC(=O)/C=C1/C=C2c3ccccc3OCC2CCC1. The summed E-state index contributed by atoms with van der Waals surface area (Å²) in [6, 6.07) is 8.13. The second kappa shape index (κ2) is 6.17. The molecule has 0 saturated heterocycles. The van der Waals surface area contributed by atoms with E-state index < -0.39 is 0 Å². The molecule has 0 saturated carbocycles. The van der Waals surface area contributed by atoms with E-state index in [1.54, 1.807) is 6.08 Å². The monoisotopic (exact) mass is 284 g/mol. The van der Waals surface area contributed by atoms with Gasteiger partial charge in [-0.1, -0.05) is 24.3 Å². The average molecular weight is 284 g/mol. The van der Waals surface area contributed by atoms with Crippen LogP contribution in [-0.2, 0) is 9.53 Å². The van der Waals surface area contributed by atoms with Crippen molar-refractivity contribution in [1.29, 1.82) is 0 Å². The van der Waals surface area contributed by atoms with Crippen molar-refractivity contribution in [2.75, 3.05) is 13.2 Å². The van der Waals surface area contributed by atoms with E-state index >= 15 is 0 Å². The molecule has 21 heavy (non-hydrogen) atoms. The zero-order chi connectivity index (χ0) is 14.7. The van der Waals surface area contributed by atoms with Gasteiger partial charge in [0.15, 0.2) is 0 Å². The normalized spacial score (nSPS) is 22.4. The molecule has 3 heteroatoms. The Balaban J connectivity index is 1.97. The lowest BCUT2D eigenvalue weighted by atomic mass is 9.88. The highest BCUT2D eigenvalue weighted by molar-refractivity contribution is 5.85. The van der Waals surface area contributed by atoms with E-state index in [2.05, 4.69) is 12.1 Å². The highest BCUT2D eigenvalue weighted by atomic mass is 16.5. The smallest absolute Gasteiger partial charge is 0.331 e. The molecule has 1 heterocycles. The Hall–Kier alpha value is -2.03. The van der Waals surface area contributed by atoms with E-state index in [1.165, 1.54) is 5.57 Å². The van der Waals surface area contributed by atoms with Crippen molar-refractivity contribution < 1.29 is 14.3 Å². The Kier molecular flexibility index (Phi) is 4.09. The number of hydrogen-bond donors (Lipinski definition) is 0. The van der Waals surface area contributed by atoms with Crippen LogP contribution in [0, 0.1) is 5.92 Å². The first-order valence-corrected chi connectivity index (χ1v) is 7.59. The van der Waals surface area contributed by atoms with Gasteiger partial charge >= 0.3 is 5.97 Å². The minimum absolute atomic E-state index is 0.247. The number of benzene rings is 1. The number of para-hydroxylation sites is 1. The van der Waals surface area contributed by atoms with Gasteiger partial charge < -0.3 is 9.47 Å². The second-order valence-corrected chi connectivity index (χ2v) is 5.47. The van der Waals surface area contributed by atoms with E-state index in [0.29, 0.717) is 12.5 Å². The molecule has 1 atom stereocenters. The molecule has 2 aliphatic rings. The summed E-state index contributed by atoms with van der Waals surface area (Å²) in [6.07, 6.45) is 6.88. The molecule has 0 aromatic heterocycles. The zero-order valence-electron chi connectivity index (χ0n) is 12.3. The largest absolute Gasteiger partial charge is 0.492 e. The van der Waals surface area contributed by atoms with E-state index in [4.69, 9.17) is 9.47 Å². The van der Waals surface area contributed by atoms with E-state index in [9.17, 15) is 4.79 Å². The third kappa shape index (κ3) is 3.02. The van der Waals surface area contributed by atoms with Gasteiger partial charge in [-0.3, -0.25) is 0 Å². The minimum Gasteiger partial charge on any atom is -0.492 e. The van der Waals surface area contributed by atoms with Crippen molar-refractivity contribution in [3.8, 4) is 5.75 Å². The first-order valence-electron chi connectivity index (χ1n) is 7.59. The van der Waals surface area contributed by atoms with Crippen molar-refractivity contribution in [3.63, 3.8) is 0 Å². The Morgan fingerprint density at radius 1 is 1.43 bits per heavy atom. The molecule has 0 fully saturated rings. The van der Waals surface area contributed by atoms with Gasteiger partial charge in [0.1, 0.15) is 5.75 Å². The van der Waals surface area contributed by atoms with Gasteiger partial charge in [0.05, 0.1) is 13.2 Å². The minimum atomic E-state index is -0.247. The van der Waals surface area contributed by atoms with Gasteiger partial charge in [0.2, 0.25) is 0 Å². The van der Waals surface area contributed by atoms with Gasteiger partial charge in [0.25, 0.3) is 0 Å². The first kappa shape index (κ1) is 13.9. The summed E-state index contributed by atoms with van der Waals surface area (Å²) in [4.78, 5) is 11.7. The van der Waals surface area contributed by atoms with Gasteiger partial charge in [-0.05, 0) is 43.4 Å². The van der Waals surface area contributed by atoms with Crippen molar-refractivity contribution in [2.24, 2.45) is 5.92 Å². The topological polar surface area (TPSA) is 35.5 Å². The quantitative estimate of drug-likeness (QED) is 0.613. The molecule has 1 aromatic carbocycles. The predicted molar refractivity (Wildman–Crippen MR) is 82.0 cm³/mol. The van der Waals surface area contributed by atoms with Gasteiger partial charge in [0, 0.05) is 17.6 Å². The van der Waals surface area contributed by atoms with Crippen LogP contribution in [0.3, 0.4) is 0 Å². The van der Waals surface area contributed by atoms with Crippen LogP contribution in [0.2, 0.25) is 0 Å². The van der Waals surface area contributed by atoms with Crippen molar-refractivity contribution in [1.82, 2.24) is 0 Å². The third-order valence-corrected chi connectivity index (χ3v) is 4.03. The number of hydrogen-bond acceptors (Lipinski definition) is 3. The highest BCUT2D eigenvalue weighted by Gasteiger charge is 2.26. The summed E-state index contributed by atoms with van der Waals surface area (Å²) in [7, 11) is 0. The van der Waals surface area contributed by atoms with Crippen LogP contribution >= 0.6 is 0 Å². The summed E-state index contributed by atoms with van der Waals surface area (Å²) in [6.45, 7) is 2.97. The van der Waals surface area contributed by atoms with Crippen LogP contribution in [-0.4, -0.2) is 19.2 Å². The van der Waals surface area contributed by atoms with Gasteiger partial charge in [-0.15, -0.1) is 0 Å².